The minimum absolute atomic E-state index is 0.0132. The second kappa shape index (κ2) is 14.7. The van der Waals surface area contributed by atoms with E-state index in [0.717, 1.165) is 22.6 Å². The lowest BCUT2D eigenvalue weighted by atomic mass is 10.2. The van der Waals surface area contributed by atoms with Crippen LogP contribution in [-0.4, -0.2) is 79.3 Å². The predicted molar refractivity (Wildman–Crippen MR) is 200 cm³/mol. The number of aromatic nitrogens is 6. The van der Waals surface area contributed by atoms with Crippen molar-refractivity contribution in [2.45, 2.75) is 37.4 Å². The lowest BCUT2D eigenvalue weighted by Crippen LogP contribution is -2.40. The first kappa shape index (κ1) is 36.3. The number of nitrogens with zero attached hydrogens (tertiary/aromatic N) is 7. The molecule has 0 radical (unpaired) electrons. The molecule has 1 fully saturated rings. The Morgan fingerprint density at radius 1 is 0.906 bits per heavy atom. The second-order valence-corrected chi connectivity index (χ2v) is 15.7. The molecule has 6 aromatic rings. The number of benzene rings is 3. The first-order valence-corrected chi connectivity index (χ1v) is 19.4. The van der Waals surface area contributed by atoms with Gasteiger partial charge in [0.25, 0.3) is 5.56 Å². The maximum Gasteiger partial charge on any atom is 0.295 e. The highest BCUT2D eigenvalue weighted by Crippen LogP contribution is 2.30. The average molecular weight is 756 g/mol. The number of ether oxygens (including phenoxy) is 1. The van der Waals surface area contributed by atoms with Crippen molar-refractivity contribution in [2.75, 3.05) is 32.1 Å². The van der Waals surface area contributed by atoms with Crippen LogP contribution in [0.4, 0.5) is 4.39 Å². The average Bonchev–Trinajstić information content (AvgIpc) is 3.77. The Kier molecular flexibility index (Phi) is 10.1. The van der Waals surface area contributed by atoms with Gasteiger partial charge in [-0.25, -0.2) is 17.5 Å². The van der Waals surface area contributed by atoms with Crippen LogP contribution >= 0.6 is 11.8 Å². The molecule has 0 bridgehead atoms. The third-order valence-electron chi connectivity index (χ3n) is 9.48. The van der Waals surface area contributed by atoms with Gasteiger partial charge in [-0.3, -0.25) is 18.8 Å². The van der Waals surface area contributed by atoms with E-state index < -0.39 is 10.0 Å². The van der Waals surface area contributed by atoms with E-state index in [1.165, 1.54) is 28.2 Å². The number of hydrogen-bond donors (Lipinski definition) is 0. The number of sulfonamides is 1. The van der Waals surface area contributed by atoms with Gasteiger partial charge in [-0.05, 0) is 68.8 Å². The molecular weight excluding hydrogens is 718 g/mol. The summed E-state index contributed by atoms with van der Waals surface area (Å²) in [7, 11) is -1.95. The topological polar surface area (TPSA) is 126 Å². The summed E-state index contributed by atoms with van der Waals surface area (Å²) in [6.45, 7) is 7.01. The van der Waals surface area contributed by atoms with Crippen molar-refractivity contribution in [1.29, 1.82) is 0 Å². The predicted octanol–water partition coefficient (Wildman–Crippen LogP) is 5.33. The summed E-state index contributed by atoms with van der Waals surface area (Å²) < 4.78 is 54.6. The third-order valence-corrected chi connectivity index (χ3v) is 12.3. The molecule has 0 N–H and O–H groups in total. The quantitative estimate of drug-likeness (QED) is 0.128. The van der Waals surface area contributed by atoms with Crippen LogP contribution < -0.4 is 5.56 Å². The third kappa shape index (κ3) is 6.92. The van der Waals surface area contributed by atoms with Gasteiger partial charge in [0.05, 0.1) is 41.8 Å². The number of carbonyl (C=O) groups excluding carboxylic acids is 1. The van der Waals surface area contributed by atoms with Gasteiger partial charge in [0.2, 0.25) is 10.0 Å². The van der Waals surface area contributed by atoms with E-state index in [0.29, 0.717) is 46.7 Å². The zero-order valence-electron chi connectivity index (χ0n) is 29.7. The zero-order valence-corrected chi connectivity index (χ0v) is 31.3. The molecule has 1 aliphatic rings. The Labute approximate surface area is 310 Å². The van der Waals surface area contributed by atoms with Crippen molar-refractivity contribution in [3.8, 4) is 22.8 Å². The molecule has 4 heterocycles. The van der Waals surface area contributed by atoms with Gasteiger partial charge in [-0.1, -0.05) is 54.2 Å². The van der Waals surface area contributed by atoms with Crippen LogP contribution in [0, 0.1) is 26.6 Å². The number of morpholine rings is 1. The summed E-state index contributed by atoms with van der Waals surface area (Å²) in [5.74, 6) is -0.126. The largest absolute Gasteiger partial charge is 0.379 e. The summed E-state index contributed by atoms with van der Waals surface area (Å²) in [5, 5.41) is 9.31. The van der Waals surface area contributed by atoms with Crippen LogP contribution in [0.1, 0.15) is 33.0 Å². The van der Waals surface area contributed by atoms with Gasteiger partial charge < -0.3 is 9.30 Å². The fourth-order valence-electron chi connectivity index (χ4n) is 6.66. The Morgan fingerprint density at radius 3 is 2.34 bits per heavy atom. The van der Waals surface area contributed by atoms with Gasteiger partial charge in [-0.2, -0.15) is 4.31 Å². The van der Waals surface area contributed by atoms with Crippen molar-refractivity contribution in [3.05, 3.63) is 129 Å². The van der Waals surface area contributed by atoms with E-state index in [1.807, 2.05) is 67.4 Å². The number of aryl methyl sites for hydroxylation is 1. The minimum atomic E-state index is -3.78. The molecular formula is C38H38FN7O5S2. The molecule has 0 saturated carbocycles. The zero-order chi connectivity index (χ0) is 37.4. The van der Waals surface area contributed by atoms with Crippen LogP contribution in [0.15, 0.2) is 99.8 Å². The number of ketones is 1. The van der Waals surface area contributed by atoms with E-state index >= 15 is 0 Å². The van der Waals surface area contributed by atoms with Crippen LogP contribution in [0.2, 0.25) is 0 Å². The van der Waals surface area contributed by atoms with Gasteiger partial charge in [0, 0.05) is 42.7 Å². The Morgan fingerprint density at radius 2 is 1.62 bits per heavy atom. The van der Waals surface area contributed by atoms with Crippen LogP contribution in [-0.2, 0) is 28.4 Å². The van der Waals surface area contributed by atoms with Crippen molar-refractivity contribution in [3.63, 3.8) is 0 Å². The minimum Gasteiger partial charge on any atom is -0.379 e. The molecule has 1 saturated heterocycles. The molecule has 12 nitrogen and oxygen atoms in total. The number of halogens is 1. The normalized spacial score (nSPS) is 13.8. The molecule has 3 aromatic carbocycles. The van der Waals surface area contributed by atoms with E-state index in [1.54, 1.807) is 51.7 Å². The standard InChI is InChI=1S/C38H38FN7O5S2/c1-25-21-33(26(2)45(25)35-27(3)42(4)46(37(35)48)31-10-6-5-7-11-31)34(47)24-52-38-41-40-36(44(38)23-28-13-15-30(39)16-14-28)29-9-8-12-32(22-29)53(49,50)43-17-19-51-20-18-43/h5-16,21-22H,17-20,23-24H2,1-4H3. The molecule has 0 aliphatic carbocycles. The summed E-state index contributed by atoms with van der Waals surface area (Å²) in [6.07, 6.45) is 0. The molecule has 0 atom stereocenters. The highest BCUT2D eigenvalue weighted by atomic mass is 32.2. The molecule has 274 valence electrons. The summed E-state index contributed by atoms with van der Waals surface area (Å²) in [6, 6.07) is 23.8. The Bertz CT molecular complexity index is 2480. The van der Waals surface area contributed by atoms with Gasteiger partial charge in [0.1, 0.15) is 11.5 Å². The number of hydrogen-bond acceptors (Lipinski definition) is 8. The molecule has 15 heteroatoms. The lowest BCUT2D eigenvalue weighted by molar-refractivity contribution is 0.0730. The molecule has 0 spiro atoms. The monoisotopic (exact) mass is 755 g/mol. The van der Waals surface area contributed by atoms with E-state index in [4.69, 9.17) is 4.74 Å². The summed E-state index contributed by atoms with van der Waals surface area (Å²) in [4.78, 5) is 27.8. The van der Waals surface area contributed by atoms with Crippen LogP contribution in [0.3, 0.4) is 0 Å². The van der Waals surface area contributed by atoms with Crippen LogP contribution in [0.5, 0.6) is 0 Å². The molecule has 0 amide bonds. The Balaban J connectivity index is 1.19. The Hall–Kier alpha value is -5.09. The first-order chi connectivity index (χ1) is 25.5. The number of rotatable bonds is 11. The van der Waals surface area contributed by atoms with E-state index in [2.05, 4.69) is 10.2 Å². The van der Waals surface area contributed by atoms with Crippen molar-refractivity contribution >= 4 is 27.6 Å². The lowest BCUT2D eigenvalue weighted by Gasteiger charge is -2.26. The van der Waals surface area contributed by atoms with Crippen molar-refractivity contribution in [1.82, 2.24) is 33.0 Å². The molecule has 7 rings (SSSR count). The van der Waals surface area contributed by atoms with E-state index in [-0.39, 0.29) is 47.4 Å². The number of para-hydroxylation sites is 1. The summed E-state index contributed by atoms with van der Waals surface area (Å²) in [5.41, 5.74) is 4.91. The maximum absolute atomic E-state index is 13.9. The SMILES string of the molecule is Cc1cc(C(=O)CSc2nnc(-c3cccc(S(=O)(=O)N4CCOCC4)c3)n2Cc2ccc(F)cc2)c(C)n1-c1c(C)n(C)n(-c2ccccc2)c1=O. The number of thioether (sulfide) groups is 1. The number of carbonyl (C=O) groups is 1. The van der Waals surface area contributed by atoms with Gasteiger partial charge in [0.15, 0.2) is 16.8 Å². The fraction of sp³-hybridized carbons (Fsp3) is 0.263. The molecule has 53 heavy (non-hydrogen) atoms. The smallest absolute Gasteiger partial charge is 0.295 e. The highest BCUT2D eigenvalue weighted by Gasteiger charge is 2.28. The maximum atomic E-state index is 13.9. The van der Waals surface area contributed by atoms with Crippen LogP contribution in [0.25, 0.3) is 22.8 Å². The van der Waals surface area contributed by atoms with Crippen molar-refractivity contribution < 1.29 is 22.3 Å². The molecule has 3 aromatic heterocycles. The highest BCUT2D eigenvalue weighted by molar-refractivity contribution is 7.99. The van der Waals surface area contributed by atoms with Crippen molar-refractivity contribution in [2.24, 2.45) is 7.05 Å². The first-order valence-electron chi connectivity index (χ1n) is 17.0. The van der Waals surface area contributed by atoms with Gasteiger partial charge >= 0.3 is 0 Å². The van der Waals surface area contributed by atoms with E-state index in [9.17, 15) is 22.4 Å². The van der Waals surface area contributed by atoms with Gasteiger partial charge in [-0.15, -0.1) is 10.2 Å². The molecule has 0 unspecified atom stereocenters. The summed E-state index contributed by atoms with van der Waals surface area (Å²) >= 11 is 1.20. The second-order valence-electron chi connectivity index (χ2n) is 12.8. The fourth-order valence-corrected chi connectivity index (χ4v) is 8.94. The number of Topliss-reactive ketones (excluding diaryl/α,β-unsaturated/α-hetero) is 1. The molecule has 1 aliphatic heterocycles.